The minimum Gasteiger partial charge on any atom is -0.394 e. The molecule has 0 amide bonds. The fraction of sp³-hybridized carbons (Fsp3) is 0.900. The van der Waals surface area contributed by atoms with Crippen molar-refractivity contribution in [3.63, 3.8) is 0 Å². The topological polar surface area (TPSA) is 65.3 Å². The molecule has 3 rings (SSSR count). The first-order chi connectivity index (χ1) is 8.17. The molecule has 4 atom stereocenters. The SMILES string of the molecule is OC[C@@H]1C[C@H](O)[C@H]2N=C(N3CC(F)C3)S[C@H]2O1. The van der Waals surface area contributed by atoms with Crippen LogP contribution in [-0.4, -0.2) is 69.8 Å². The molecule has 0 radical (unpaired) electrons. The van der Waals surface area contributed by atoms with Crippen LogP contribution in [0.25, 0.3) is 0 Å². The molecule has 7 heteroatoms. The zero-order valence-electron chi connectivity index (χ0n) is 9.20. The van der Waals surface area contributed by atoms with E-state index in [-0.39, 0.29) is 24.2 Å². The van der Waals surface area contributed by atoms with Gasteiger partial charge in [0.25, 0.3) is 0 Å². The van der Waals surface area contributed by atoms with E-state index in [1.165, 1.54) is 11.8 Å². The van der Waals surface area contributed by atoms with Gasteiger partial charge in [-0.05, 0) is 0 Å². The molecule has 0 aromatic carbocycles. The molecule has 2 N–H and O–H groups in total. The molecule has 0 spiro atoms. The lowest BCUT2D eigenvalue weighted by atomic mass is 10.0. The minimum absolute atomic E-state index is 0.0908. The van der Waals surface area contributed by atoms with Gasteiger partial charge in [0.05, 0.1) is 31.9 Å². The lowest BCUT2D eigenvalue weighted by Crippen LogP contribution is -2.50. The standard InChI is InChI=1S/C10H15FN2O3S/c11-5-2-13(3-5)10-12-8-7(15)1-6(4-14)16-9(8)17-10/h5-9,14-15H,1-4H2/t6-,7-,8+,9+/m0/s1. The highest BCUT2D eigenvalue weighted by Crippen LogP contribution is 2.38. The number of hydrogen-bond donors (Lipinski definition) is 2. The molecule has 2 fully saturated rings. The lowest BCUT2D eigenvalue weighted by Gasteiger charge is -2.35. The van der Waals surface area contributed by atoms with Gasteiger partial charge in [-0.3, -0.25) is 4.99 Å². The van der Waals surface area contributed by atoms with Crippen LogP contribution >= 0.6 is 11.8 Å². The predicted octanol–water partition coefficient (Wildman–Crippen LogP) is -0.420. The number of thioether (sulfide) groups is 1. The molecule has 2 saturated heterocycles. The second kappa shape index (κ2) is 4.38. The Kier molecular flexibility index (Phi) is 3.02. The van der Waals surface area contributed by atoms with E-state index < -0.39 is 12.3 Å². The van der Waals surface area contributed by atoms with E-state index in [1.807, 2.05) is 4.90 Å². The summed E-state index contributed by atoms with van der Waals surface area (Å²) in [7, 11) is 0. The Bertz CT molecular complexity index is 338. The molecule has 17 heavy (non-hydrogen) atoms. The van der Waals surface area contributed by atoms with E-state index in [4.69, 9.17) is 9.84 Å². The number of amidine groups is 1. The summed E-state index contributed by atoms with van der Waals surface area (Å²) in [6.07, 6.45) is -1.27. The average molecular weight is 262 g/mol. The summed E-state index contributed by atoms with van der Waals surface area (Å²) in [5.41, 5.74) is -0.246. The van der Waals surface area contributed by atoms with Crippen molar-refractivity contribution >= 4 is 16.9 Å². The average Bonchev–Trinajstić information content (AvgIpc) is 2.68. The van der Waals surface area contributed by atoms with E-state index in [2.05, 4.69) is 4.99 Å². The van der Waals surface area contributed by atoms with Gasteiger partial charge in [-0.1, -0.05) is 11.8 Å². The van der Waals surface area contributed by atoms with E-state index in [0.29, 0.717) is 19.5 Å². The monoisotopic (exact) mass is 262 g/mol. The number of ether oxygens (including phenoxy) is 1. The maximum atomic E-state index is 12.8. The second-order valence-electron chi connectivity index (χ2n) is 4.63. The van der Waals surface area contributed by atoms with Crippen molar-refractivity contribution in [2.75, 3.05) is 19.7 Å². The number of alkyl halides is 1. The molecule has 0 saturated carbocycles. The smallest absolute Gasteiger partial charge is 0.162 e. The zero-order valence-corrected chi connectivity index (χ0v) is 10.0. The van der Waals surface area contributed by atoms with Gasteiger partial charge in [0.1, 0.15) is 17.6 Å². The van der Waals surface area contributed by atoms with E-state index in [0.717, 1.165) is 5.17 Å². The number of fused-ring (bicyclic) bond motifs is 1. The highest BCUT2D eigenvalue weighted by molar-refractivity contribution is 8.14. The highest BCUT2D eigenvalue weighted by Gasteiger charge is 2.45. The number of aliphatic imine (C=N–C) groups is 1. The summed E-state index contributed by atoms with van der Waals surface area (Å²) in [6, 6.07) is -0.281. The highest BCUT2D eigenvalue weighted by atomic mass is 32.2. The summed E-state index contributed by atoms with van der Waals surface area (Å²) < 4.78 is 18.4. The van der Waals surface area contributed by atoms with Crippen LogP contribution in [0.1, 0.15) is 6.42 Å². The largest absolute Gasteiger partial charge is 0.394 e. The molecule has 0 unspecified atom stereocenters. The van der Waals surface area contributed by atoms with Crippen LogP contribution in [0, 0.1) is 0 Å². The Labute approximate surface area is 103 Å². The van der Waals surface area contributed by atoms with Gasteiger partial charge < -0.3 is 19.8 Å². The van der Waals surface area contributed by atoms with Crippen molar-refractivity contribution in [3.8, 4) is 0 Å². The van der Waals surface area contributed by atoms with Crippen LogP contribution in [0.3, 0.4) is 0 Å². The third-order valence-electron chi connectivity index (χ3n) is 3.30. The predicted molar refractivity (Wildman–Crippen MR) is 61.7 cm³/mol. The minimum atomic E-state index is -0.767. The lowest BCUT2D eigenvalue weighted by molar-refractivity contribution is -0.0875. The van der Waals surface area contributed by atoms with Crippen molar-refractivity contribution < 1.29 is 19.3 Å². The van der Waals surface area contributed by atoms with Gasteiger partial charge in [0.2, 0.25) is 0 Å². The molecular weight excluding hydrogens is 247 g/mol. The van der Waals surface area contributed by atoms with Crippen LogP contribution in [0.5, 0.6) is 0 Å². The third-order valence-corrected chi connectivity index (χ3v) is 4.49. The van der Waals surface area contributed by atoms with Crippen molar-refractivity contribution in [1.29, 1.82) is 0 Å². The normalized spacial score (nSPS) is 42.1. The zero-order chi connectivity index (χ0) is 12.0. The first-order valence-electron chi connectivity index (χ1n) is 5.75. The van der Waals surface area contributed by atoms with Crippen molar-refractivity contribution in [1.82, 2.24) is 4.90 Å². The summed E-state index contributed by atoms with van der Waals surface area (Å²) in [5.74, 6) is 0. The molecule has 0 aliphatic carbocycles. The van der Waals surface area contributed by atoms with Crippen molar-refractivity contribution in [2.45, 2.75) is 36.3 Å². The Hall–Kier alpha value is -0.370. The first kappa shape index (κ1) is 11.7. The summed E-state index contributed by atoms with van der Waals surface area (Å²) in [4.78, 5) is 6.26. The fourth-order valence-electron chi connectivity index (χ4n) is 2.28. The third kappa shape index (κ3) is 2.05. The molecular formula is C10H15FN2O3S. The number of hydrogen-bond acceptors (Lipinski definition) is 6. The molecule has 96 valence electrons. The summed E-state index contributed by atoms with van der Waals surface area (Å²) >= 11 is 1.42. The van der Waals surface area contributed by atoms with Gasteiger partial charge in [-0.25, -0.2) is 4.39 Å². The number of nitrogens with zero attached hydrogens (tertiary/aromatic N) is 2. The second-order valence-corrected chi connectivity index (χ2v) is 5.70. The number of aliphatic hydroxyl groups is 2. The maximum absolute atomic E-state index is 12.8. The van der Waals surface area contributed by atoms with Gasteiger partial charge >= 0.3 is 0 Å². The first-order valence-corrected chi connectivity index (χ1v) is 6.63. The molecule has 3 aliphatic heterocycles. The van der Waals surface area contributed by atoms with E-state index in [1.54, 1.807) is 0 Å². The van der Waals surface area contributed by atoms with Crippen LogP contribution in [0.15, 0.2) is 4.99 Å². The number of halogens is 1. The van der Waals surface area contributed by atoms with Crippen LogP contribution in [0.4, 0.5) is 4.39 Å². The number of rotatable bonds is 1. The number of likely N-dealkylation sites (tertiary alicyclic amines) is 1. The van der Waals surface area contributed by atoms with Crippen molar-refractivity contribution in [2.24, 2.45) is 4.99 Å². The number of aliphatic hydroxyl groups excluding tert-OH is 2. The molecule has 0 aromatic rings. The van der Waals surface area contributed by atoms with Gasteiger partial charge in [-0.2, -0.15) is 0 Å². The van der Waals surface area contributed by atoms with Crippen LogP contribution in [0.2, 0.25) is 0 Å². The van der Waals surface area contributed by atoms with Gasteiger partial charge in [-0.15, -0.1) is 0 Å². The van der Waals surface area contributed by atoms with Crippen LogP contribution < -0.4 is 0 Å². The molecule has 0 bridgehead atoms. The molecule has 3 heterocycles. The Morgan fingerprint density at radius 2 is 2.29 bits per heavy atom. The molecule has 3 aliphatic rings. The Balaban J connectivity index is 1.67. The van der Waals surface area contributed by atoms with Gasteiger partial charge in [0, 0.05) is 6.42 Å². The van der Waals surface area contributed by atoms with E-state index >= 15 is 0 Å². The Morgan fingerprint density at radius 1 is 1.53 bits per heavy atom. The van der Waals surface area contributed by atoms with Crippen LogP contribution in [-0.2, 0) is 4.74 Å². The quantitative estimate of drug-likeness (QED) is 0.672. The van der Waals surface area contributed by atoms with E-state index in [9.17, 15) is 9.50 Å². The molecule has 5 nitrogen and oxygen atoms in total. The fourth-order valence-corrected chi connectivity index (χ4v) is 3.56. The Morgan fingerprint density at radius 3 is 2.94 bits per heavy atom. The summed E-state index contributed by atoms with van der Waals surface area (Å²) in [5, 5.41) is 19.7. The summed E-state index contributed by atoms with van der Waals surface area (Å²) in [6.45, 7) is 0.669. The van der Waals surface area contributed by atoms with Gasteiger partial charge in [0.15, 0.2) is 5.17 Å². The maximum Gasteiger partial charge on any atom is 0.162 e. The molecule has 0 aromatic heterocycles. The van der Waals surface area contributed by atoms with Crippen molar-refractivity contribution in [3.05, 3.63) is 0 Å².